The van der Waals surface area contributed by atoms with E-state index < -0.39 is 17.7 Å². The normalized spacial score (nSPS) is 12.4. The number of nitrogens with zero attached hydrogens (tertiary/aromatic N) is 3. The minimum Gasteiger partial charge on any atom is -0.480 e. The summed E-state index contributed by atoms with van der Waals surface area (Å²) in [4.78, 5) is 15.2. The van der Waals surface area contributed by atoms with E-state index in [9.17, 15) is 14.3 Å². The largest absolute Gasteiger partial charge is 0.480 e. The number of carboxylic acid groups (broad SMARTS) is 1. The molecule has 0 aliphatic rings. The molecule has 0 radical (unpaired) electrons. The smallest absolute Gasteiger partial charge is 0.318 e. The third-order valence-electron chi connectivity index (χ3n) is 2.43. The zero-order chi connectivity index (χ0) is 12.4. The molecule has 0 amide bonds. The lowest BCUT2D eigenvalue weighted by molar-refractivity contribution is -0.137. The van der Waals surface area contributed by atoms with E-state index in [0.717, 1.165) is 0 Å². The van der Waals surface area contributed by atoms with Crippen LogP contribution in [0.4, 0.5) is 4.39 Å². The first-order chi connectivity index (χ1) is 8.09. The van der Waals surface area contributed by atoms with Gasteiger partial charge in [-0.15, -0.1) is 0 Å². The van der Waals surface area contributed by atoms with E-state index in [0.29, 0.717) is 5.56 Å². The summed E-state index contributed by atoms with van der Waals surface area (Å²) in [6.07, 6.45) is 1.27. The van der Waals surface area contributed by atoms with E-state index in [1.165, 1.54) is 29.2 Å². The van der Waals surface area contributed by atoms with Gasteiger partial charge < -0.3 is 5.11 Å². The van der Waals surface area contributed by atoms with Crippen LogP contribution >= 0.6 is 0 Å². The Kier molecular flexibility index (Phi) is 2.86. The number of aliphatic carboxylic acids is 1. The molecule has 1 unspecified atom stereocenters. The van der Waals surface area contributed by atoms with Gasteiger partial charge in [0.05, 0.1) is 0 Å². The molecule has 0 bridgehead atoms. The van der Waals surface area contributed by atoms with Crippen LogP contribution in [-0.4, -0.2) is 25.8 Å². The highest BCUT2D eigenvalue weighted by atomic mass is 19.1. The molecule has 1 aromatic carbocycles. The molecule has 1 heterocycles. The van der Waals surface area contributed by atoms with Gasteiger partial charge in [0.2, 0.25) is 0 Å². The second-order valence-electron chi connectivity index (χ2n) is 3.57. The quantitative estimate of drug-likeness (QED) is 0.867. The Morgan fingerprint density at radius 1 is 1.53 bits per heavy atom. The third kappa shape index (κ3) is 2.15. The van der Waals surface area contributed by atoms with Gasteiger partial charge in [0, 0.05) is 7.05 Å². The van der Waals surface area contributed by atoms with Gasteiger partial charge in [-0.1, -0.05) is 12.1 Å². The molecular weight excluding hydrogens is 225 g/mol. The van der Waals surface area contributed by atoms with E-state index in [-0.39, 0.29) is 5.82 Å². The number of aromatic nitrogens is 3. The van der Waals surface area contributed by atoms with Crippen molar-refractivity contribution in [2.45, 2.75) is 5.92 Å². The van der Waals surface area contributed by atoms with Crippen LogP contribution < -0.4 is 0 Å². The zero-order valence-electron chi connectivity index (χ0n) is 9.04. The minimum absolute atomic E-state index is 0.267. The van der Waals surface area contributed by atoms with Gasteiger partial charge in [-0.05, 0) is 17.7 Å². The van der Waals surface area contributed by atoms with Crippen LogP contribution in [0, 0.1) is 5.82 Å². The first kappa shape index (κ1) is 11.3. The van der Waals surface area contributed by atoms with Crippen LogP contribution in [0.25, 0.3) is 0 Å². The summed E-state index contributed by atoms with van der Waals surface area (Å²) >= 11 is 0. The highest BCUT2D eigenvalue weighted by Crippen LogP contribution is 2.23. The van der Waals surface area contributed by atoms with Crippen LogP contribution in [0.1, 0.15) is 17.3 Å². The summed E-state index contributed by atoms with van der Waals surface area (Å²) in [6, 6.07) is 5.47. The summed E-state index contributed by atoms with van der Waals surface area (Å²) in [5.41, 5.74) is 0.341. The molecule has 0 aliphatic carbocycles. The maximum absolute atomic E-state index is 13.1. The number of carboxylic acids is 1. The number of hydrogen-bond acceptors (Lipinski definition) is 3. The Hall–Kier alpha value is -2.24. The number of halogens is 1. The number of aryl methyl sites for hydroxylation is 1. The van der Waals surface area contributed by atoms with E-state index >= 15 is 0 Å². The van der Waals surface area contributed by atoms with E-state index in [1.54, 1.807) is 13.1 Å². The van der Waals surface area contributed by atoms with Crippen molar-refractivity contribution in [3.05, 3.63) is 47.8 Å². The Bertz CT molecular complexity index is 553. The van der Waals surface area contributed by atoms with Crippen molar-refractivity contribution in [3.8, 4) is 0 Å². The lowest BCUT2D eigenvalue weighted by Gasteiger charge is -2.11. The molecule has 2 aromatic rings. The predicted octanol–water partition coefficient (Wildman–Crippen LogP) is 1.17. The Morgan fingerprint density at radius 2 is 2.29 bits per heavy atom. The Labute approximate surface area is 96.5 Å². The van der Waals surface area contributed by atoms with Crippen molar-refractivity contribution in [1.29, 1.82) is 0 Å². The van der Waals surface area contributed by atoms with Gasteiger partial charge in [-0.3, -0.25) is 9.48 Å². The van der Waals surface area contributed by atoms with E-state index in [1.807, 2.05) is 0 Å². The van der Waals surface area contributed by atoms with E-state index in [4.69, 9.17) is 0 Å². The molecule has 1 aromatic heterocycles. The van der Waals surface area contributed by atoms with Crippen molar-refractivity contribution in [2.24, 2.45) is 7.05 Å². The molecule has 17 heavy (non-hydrogen) atoms. The monoisotopic (exact) mass is 235 g/mol. The maximum atomic E-state index is 13.1. The van der Waals surface area contributed by atoms with E-state index in [2.05, 4.69) is 10.1 Å². The van der Waals surface area contributed by atoms with Gasteiger partial charge in [0.25, 0.3) is 0 Å². The van der Waals surface area contributed by atoms with Gasteiger partial charge >= 0.3 is 5.97 Å². The molecular formula is C11H10FN3O2. The van der Waals surface area contributed by atoms with Crippen LogP contribution in [0.3, 0.4) is 0 Å². The number of rotatable bonds is 3. The SMILES string of the molecule is Cn1ncnc1C(C(=O)O)c1cccc(F)c1. The maximum Gasteiger partial charge on any atom is 0.318 e. The van der Waals surface area contributed by atoms with Crippen LogP contribution in [0.5, 0.6) is 0 Å². The lowest BCUT2D eigenvalue weighted by atomic mass is 9.98. The molecule has 6 heteroatoms. The van der Waals surface area contributed by atoms with Crippen molar-refractivity contribution >= 4 is 5.97 Å². The predicted molar refractivity (Wildman–Crippen MR) is 56.9 cm³/mol. The zero-order valence-corrected chi connectivity index (χ0v) is 9.04. The molecule has 0 saturated carbocycles. The summed E-state index contributed by atoms with van der Waals surface area (Å²) < 4.78 is 14.5. The topological polar surface area (TPSA) is 68.0 Å². The second kappa shape index (κ2) is 4.32. The van der Waals surface area contributed by atoms with Gasteiger partial charge in [-0.25, -0.2) is 9.37 Å². The standard InChI is InChI=1S/C11H10FN3O2/c1-15-10(13-6-14-15)9(11(16)17)7-3-2-4-8(12)5-7/h2-6,9H,1H3,(H,16,17). The Morgan fingerprint density at radius 3 is 2.82 bits per heavy atom. The number of hydrogen-bond donors (Lipinski definition) is 1. The molecule has 1 atom stereocenters. The van der Waals surface area contributed by atoms with Crippen LogP contribution in [-0.2, 0) is 11.8 Å². The molecule has 1 N–H and O–H groups in total. The van der Waals surface area contributed by atoms with Crippen molar-refractivity contribution in [3.63, 3.8) is 0 Å². The molecule has 2 rings (SSSR count). The van der Waals surface area contributed by atoms with Crippen molar-refractivity contribution in [2.75, 3.05) is 0 Å². The number of carbonyl (C=O) groups is 1. The average molecular weight is 235 g/mol. The molecule has 0 aliphatic heterocycles. The molecule has 0 saturated heterocycles. The lowest BCUT2D eigenvalue weighted by Crippen LogP contribution is -2.18. The molecule has 88 valence electrons. The van der Waals surface area contributed by atoms with Gasteiger partial charge in [0.15, 0.2) is 0 Å². The summed E-state index contributed by atoms with van der Waals surface area (Å²) in [6.45, 7) is 0. The third-order valence-corrected chi connectivity index (χ3v) is 2.43. The highest BCUT2D eigenvalue weighted by Gasteiger charge is 2.26. The fraction of sp³-hybridized carbons (Fsp3) is 0.182. The molecule has 0 spiro atoms. The minimum atomic E-state index is -1.09. The molecule has 0 fully saturated rings. The highest BCUT2D eigenvalue weighted by molar-refractivity contribution is 5.79. The Balaban J connectivity index is 2.50. The summed E-state index contributed by atoms with van der Waals surface area (Å²) in [7, 11) is 1.59. The number of benzene rings is 1. The van der Waals surface area contributed by atoms with Gasteiger partial charge in [0.1, 0.15) is 23.9 Å². The first-order valence-corrected chi connectivity index (χ1v) is 4.91. The molecule has 5 nitrogen and oxygen atoms in total. The fourth-order valence-electron chi connectivity index (χ4n) is 1.65. The van der Waals surface area contributed by atoms with Crippen molar-refractivity contribution < 1.29 is 14.3 Å². The van der Waals surface area contributed by atoms with Crippen LogP contribution in [0.15, 0.2) is 30.6 Å². The van der Waals surface area contributed by atoms with Crippen LogP contribution in [0.2, 0.25) is 0 Å². The van der Waals surface area contributed by atoms with Crippen molar-refractivity contribution in [1.82, 2.24) is 14.8 Å². The fourth-order valence-corrected chi connectivity index (χ4v) is 1.65. The average Bonchev–Trinajstić information content (AvgIpc) is 2.65. The van der Waals surface area contributed by atoms with Gasteiger partial charge in [-0.2, -0.15) is 5.10 Å². The summed E-state index contributed by atoms with van der Waals surface area (Å²) in [5, 5.41) is 13.0. The first-order valence-electron chi connectivity index (χ1n) is 4.91. The summed E-state index contributed by atoms with van der Waals surface area (Å²) in [5.74, 6) is -2.32. The second-order valence-corrected chi connectivity index (χ2v) is 3.57.